The average Bonchev–Trinajstić information content (AvgIpc) is 1.91. The second-order valence-corrected chi connectivity index (χ2v) is 1.81. The molecule has 1 unspecified atom stereocenters. The Hall–Kier alpha value is -0.0400. The molecule has 0 radical (unpaired) electrons. The molecule has 1 aliphatic heterocycles. The smallest absolute Gasteiger partial charge is 0.0430 e. The van der Waals surface area contributed by atoms with Crippen LogP contribution in [0.1, 0.15) is 14.2 Å². The molecule has 1 heterocycles. The summed E-state index contributed by atoms with van der Waals surface area (Å²) in [4.78, 5) is 2.07. The van der Waals surface area contributed by atoms with Crippen LogP contribution in [0.2, 0.25) is 0 Å². The maximum atomic E-state index is 7.26. The molecule has 0 aromatic carbocycles. The van der Waals surface area contributed by atoms with Crippen molar-refractivity contribution in [1.82, 2.24) is 4.90 Å². The minimum Gasteiger partial charge on any atom is -0.306 e. The van der Waals surface area contributed by atoms with Gasteiger partial charge in [0.1, 0.15) is 0 Å². The Balaban J connectivity index is 2.33. The summed E-state index contributed by atoms with van der Waals surface area (Å²) in [5, 5.41) is 0. The Labute approximate surface area is 40.4 Å². The van der Waals surface area contributed by atoms with Gasteiger partial charge in [-0.15, -0.1) is 0 Å². The van der Waals surface area contributed by atoms with E-state index in [0.717, 1.165) is 13.0 Å². The van der Waals surface area contributed by atoms with Crippen LogP contribution in [-0.4, -0.2) is 25.0 Å². The number of hydrogen-bond acceptors (Lipinski definition) is 1. The van der Waals surface area contributed by atoms with Crippen LogP contribution in [-0.2, 0) is 0 Å². The first-order chi connectivity index (χ1) is 3.30. The fourth-order valence-electron chi connectivity index (χ4n) is 0.744. The van der Waals surface area contributed by atoms with Crippen LogP contribution in [0.3, 0.4) is 0 Å². The molecule has 6 heavy (non-hydrogen) atoms. The van der Waals surface area contributed by atoms with Crippen LogP contribution in [0, 0.1) is 0 Å². The highest BCUT2D eigenvalue weighted by Gasteiger charge is 2.03. The van der Waals surface area contributed by atoms with E-state index in [1.165, 1.54) is 6.42 Å². The molecule has 1 saturated heterocycles. The quantitative estimate of drug-likeness (QED) is 0.419. The van der Waals surface area contributed by atoms with Crippen LogP contribution in [0.5, 0.6) is 0 Å². The van der Waals surface area contributed by atoms with Crippen molar-refractivity contribution in [2.45, 2.75) is 12.8 Å². The van der Waals surface area contributed by atoms with Gasteiger partial charge < -0.3 is 4.90 Å². The van der Waals surface area contributed by atoms with E-state index in [1.807, 2.05) is 7.05 Å². The largest absolute Gasteiger partial charge is 0.306 e. The van der Waals surface area contributed by atoms with Crippen molar-refractivity contribution >= 4 is 0 Å². The second-order valence-electron chi connectivity index (χ2n) is 1.81. The predicted molar refractivity (Wildman–Crippen MR) is 26.7 cm³/mol. The standard InChI is InChI=1S/C5H11N/c1-6-4-2-3-5-6/h2-5H2,1H3/i4D. The molecule has 36 valence electrons. The van der Waals surface area contributed by atoms with E-state index in [9.17, 15) is 0 Å². The van der Waals surface area contributed by atoms with Gasteiger partial charge in [0.15, 0.2) is 0 Å². The summed E-state index contributed by atoms with van der Waals surface area (Å²) in [6.07, 6.45) is 2.28. The molecule has 0 aromatic heterocycles. The summed E-state index contributed by atoms with van der Waals surface area (Å²) in [5.41, 5.74) is 0. The van der Waals surface area contributed by atoms with E-state index in [0.29, 0.717) is 0 Å². The molecule has 1 nitrogen and oxygen atoms in total. The van der Waals surface area contributed by atoms with Crippen LogP contribution < -0.4 is 0 Å². The summed E-state index contributed by atoms with van der Waals surface area (Å²) in [6.45, 7) is 1.22. The molecular formula is C5H11N. The number of likely N-dealkylation sites (tertiary alicyclic amines) is 1. The van der Waals surface area contributed by atoms with Gasteiger partial charge in [-0.25, -0.2) is 0 Å². The summed E-state index contributed by atoms with van der Waals surface area (Å²) >= 11 is 0. The monoisotopic (exact) mass is 86.1 g/mol. The van der Waals surface area contributed by atoms with Gasteiger partial charge in [0.2, 0.25) is 0 Å². The van der Waals surface area contributed by atoms with E-state index >= 15 is 0 Å². The lowest BCUT2D eigenvalue weighted by atomic mass is 10.4. The first kappa shape index (κ1) is 3.03. The van der Waals surface area contributed by atoms with Crippen molar-refractivity contribution in [3.05, 3.63) is 0 Å². The third kappa shape index (κ3) is 0.716. The van der Waals surface area contributed by atoms with Crippen LogP contribution >= 0.6 is 0 Å². The van der Waals surface area contributed by atoms with Crippen molar-refractivity contribution in [3.63, 3.8) is 0 Å². The van der Waals surface area contributed by atoms with Crippen molar-refractivity contribution in [1.29, 1.82) is 0 Å². The molecule has 0 spiro atoms. The summed E-state index contributed by atoms with van der Waals surface area (Å²) < 4.78 is 7.26. The molecule has 0 saturated carbocycles. The van der Waals surface area contributed by atoms with Crippen LogP contribution in [0.4, 0.5) is 0 Å². The highest BCUT2D eigenvalue weighted by molar-refractivity contribution is 4.59. The first-order valence-electron chi connectivity index (χ1n) is 3.01. The minimum absolute atomic E-state index is 0.0972. The minimum atomic E-state index is 0.0972. The zero-order chi connectivity index (χ0) is 5.28. The van der Waals surface area contributed by atoms with Gasteiger partial charge in [-0.05, 0) is 33.0 Å². The first-order valence-corrected chi connectivity index (χ1v) is 2.43. The lowest BCUT2D eigenvalue weighted by Crippen LogP contribution is -2.10. The Bertz CT molecular complexity index is 57.1. The molecule has 0 aromatic rings. The normalized spacial score (nSPS) is 40.2. The number of rotatable bonds is 0. The Morgan fingerprint density at radius 1 is 1.67 bits per heavy atom. The van der Waals surface area contributed by atoms with Gasteiger partial charge in [-0.2, -0.15) is 0 Å². The summed E-state index contributed by atoms with van der Waals surface area (Å²) in [7, 11) is 2.00. The van der Waals surface area contributed by atoms with Crippen molar-refractivity contribution < 1.29 is 1.37 Å². The molecule has 1 heteroatoms. The SMILES string of the molecule is [2H]C1CCCN1C. The predicted octanol–water partition coefficient (Wildman–Crippen LogP) is 0.712. The lowest BCUT2D eigenvalue weighted by Gasteiger charge is -2.01. The highest BCUT2D eigenvalue weighted by Crippen LogP contribution is 2.01. The molecule has 0 aliphatic carbocycles. The molecule has 1 aliphatic rings. The van der Waals surface area contributed by atoms with E-state index in [2.05, 4.69) is 4.90 Å². The van der Waals surface area contributed by atoms with Crippen LogP contribution in [0.15, 0.2) is 0 Å². The Kier molecular flexibility index (Phi) is 0.810. The number of hydrogen-bond donors (Lipinski definition) is 0. The van der Waals surface area contributed by atoms with Gasteiger partial charge in [0.05, 0.1) is 0 Å². The second kappa shape index (κ2) is 1.61. The average molecular weight is 86.2 g/mol. The van der Waals surface area contributed by atoms with Gasteiger partial charge in [0, 0.05) is 1.37 Å². The fourth-order valence-corrected chi connectivity index (χ4v) is 0.744. The maximum Gasteiger partial charge on any atom is 0.0430 e. The topological polar surface area (TPSA) is 3.24 Å². The van der Waals surface area contributed by atoms with E-state index in [-0.39, 0.29) is 6.52 Å². The molecule has 1 atom stereocenters. The number of nitrogens with zero attached hydrogens (tertiary/aromatic N) is 1. The van der Waals surface area contributed by atoms with Crippen molar-refractivity contribution in [2.75, 3.05) is 20.1 Å². The van der Waals surface area contributed by atoms with Crippen molar-refractivity contribution in [2.24, 2.45) is 0 Å². The van der Waals surface area contributed by atoms with E-state index in [4.69, 9.17) is 1.37 Å². The zero-order valence-electron chi connectivity index (χ0n) is 5.15. The Morgan fingerprint density at radius 2 is 2.50 bits per heavy atom. The molecule has 1 fully saturated rings. The maximum absolute atomic E-state index is 7.26. The van der Waals surface area contributed by atoms with Gasteiger partial charge in [0.25, 0.3) is 0 Å². The fraction of sp³-hybridized carbons (Fsp3) is 1.00. The Morgan fingerprint density at radius 3 is 2.67 bits per heavy atom. The van der Waals surface area contributed by atoms with E-state index in [1.54, 1.807) is 0 Å². The zero-order valence-corrected chi connectivity index (χ0v) is 4.15. The molecule has 0 amide bonds. The summed E-state index contributed by atoms with van der Waals surface area (Å²) in [6, 6.07) is 0. The lowest BCUT2D eigenvalue weighted by molar-refractivity contribution is 0.418. The highest BCUT2D eigenvalue weighted by atomic mass is 15.1. The third-order valence-corrected chi connectivity index (χ3v) is 1.16. The third-order valence-electron chi connectivity index (χ3n) is 1.16. The van der Waals surface area contributed by atoms with Gasteiger partial charge in [-0.3, -0.25) is 0 Å². The van der Waals surface area contributed by atoms with Crippen molar-refractivity contribution in [3.8, 4) is 0 Å². The van der Waals surface area contributed by atoms with E-state index < -0.39 is 0 Å². The van der Waals surface area contributed by atoms with Gasteiger partial charge in [-0.1, -0.05) is 0 Å². The molecule has 1 rings (SSSR count). The van der Waals surface area contributed by atoms with Crippen LogP contribution in [0.25, 0.3) is 0 Å². The molecule has 0 bridgehead atoms. The molecular weight excluding hydrogens is 74.1 g/mol. The molecule has 0 N–H and O–H groups in total. The summed E-state index contributed by atoms with van der Waals surface area (Å²) in [5.74, 6) is 0. The van der Waals surface area contributed by atoms with Gasteiger partial charge >= 0.3 is 0 Å².